The zero-order chi connectivity index (χ0) is 20.0. The van der Waals surface area contributed by atoms with Gasteiger partial charge in [-0.15, -0.1) is 0 Å². The molecule has 0 radical (unpaired) electrons. The third-order valence-electron chi connectivity index (χ3n) is 6.79. The first-order chi connectivity index (χ1) is 14.1. The molecule has 2 aromatic carbocycles. The van der Waals surface area contributed by atoms with Crippen LogP contribution in [0.5, 0.6) is 0 Å². The number of halogens is 2. The molecule has 0 unspecified atom stereocenters. The molecule has 3 heterocycles. The van der Waals surface area contributed by atoms with E-state index in [1.165, 1.54) is 19.3 Å². The maximum absolute atomic E-state index is 10.2. The molecule has 29 heavy (non-hydrogen) atoms. The van der Waals surface area contributed by atoms with E-state index in [1.807, 2.05) is 29.0 Å². The van der Waals surface area contributed by atoms with Crippen LogP contribution >= 0.6 is 23.2 Å². The SMILES string of the molecule is OCc1c(N2CCC3(CCNC3)CC2)ccc2c1ccn2-c1c(Cl)cccc1Cl. The van der Waals surface area contributed by atoms with Crippen LogP contribution in [0.1, 0.15) is 24.8 Å². The van der Waals surface area contributed by atoms with Gasteiger partial charge in [-0.05, 0) is 61.6 Å². The summed E-state index contributed by atoms with van der Waals surface area (Å²) in [5.41, 5.74) is 4.37. The van der Waals surface area contributed by atoms with Gasteiger partial charge in [0.2, 0.25) is 0 Å². The number of piperidine rings is 1. The van der Waals surface area contributed by atoms with Crippen LogP contribution in [0.4, 0.5) is 5.69 Å². The molecule has 152 valence electrons. The van der Waals surface area contributed by atoms with Gasteiger partial charge in [0.05, 0.1) is 27.9 Å². The van der Waals surface area contributed by atoms with Gasteiger partial charge in [0.25, 0.3) is 0 Å². The molecule has 2 aliphatic heterocycles. The third-order valence-corrected chi connectivity index (χ3v) is 7.40. The molecule has 0 saturated carbocycles. The molecule has 2 aliphatic rings. The number of nitrogens with zero attached hydrogens (tertiary/aromatic N) is 2. The molecule has 2 saturated heterocycles. The van der Waals surface area contributed by atoms with E-state index in [0.717, 1.165) is 54.0 Å². The summed E-state index contributed by atoms with van der Waals surface area (Å²) in [6, 6.07) is 11.8. The largest absolute Gasteiger partial charge is 0.392 e. The van der Waals surface area contributed by atoms with E-state index in [1.54, 1.807) is 0 Å². The van der Waals surface area contributed by atoms with E-state index in [0.29, 0.717) is 15.5 Å². The number of nitrogens with one attached hydrogen (secondary N) is 1. The van der Waals surface area contributed by atoms with Gasteiger partial charge in [0, 0.05) is 42.5 Å². The molecule has 1 spiro atoms. The first kappa shape index (κ1) is 19.3. The van der Waals surface area contributed by atoms with E-state index in [4.69, 9.17) is 23.2 Å². The highest BCUT2D eigenvalue weighted by atomic mass is 35.5. The van der Waals surface area contributed by atoms with Gasteiger partial charge in [0.15, 0.2) is 0 Å². The Morgan fingerprint density at radius 2 is 1.76 bits per heavy atom. The minimum absolute atomic E-state index is 0.0101. The Kier molecular flexibility index (Phi) is 4.99. The van der Waals surface area contributed by atoms with Crippen LogP contribution in [0.3, 0.4) is 0 Å². The van der Waals surface area contributed by atoms with E-state index < -0.39 is 0 Å². The lowest BCUT2D eigenvalue weighted by atomic mass is 9.77. The molecule has 6 heteroatoms. The van der Waals surface area contributed by atoms with Crippen molar-refractivity contribution in [2.45, 2.75) is 25.9 Å². The van der Waals surface area contributed by atoms with Crippen LogP contribution < -0.4 is 10.2 Å². The third kappa shape index (κ3) is 3.23. The quantitative estimate of drug-likeness (QED) is 0.614. The zero-order valence-corrected chi connectivity index (χ0v) is 17.8. The molecule has 0 atom stereocenters. The second-order valence-electron chi connectivity index (χ2n) is 8.32. The Morgan fingerprint density at radius 1 is 1.00 bits per heavy atom. The molecule has 4 nitrogen and oxygen atoms in total. The van der Waals surface area contributed by atoms with Crippen molar-refractivity contribution >= 4 is 39.8 Å². The summed E-state index contributed by atoms with van der Waals surface area (Å²) in [7, 11) is 0. The molecule has 5 rings (SSSR count). The van der Waals surface area contributed by atoms with Crippen LogP contribution in [-0.4, -0.2) is 35.9 Å². The van der Waals surface area contributed by atoms with Crippen molar-refractivity contribution in [2.75, 3.05) is 31.1 Å². The second-order valence-corrected chi connectivity index (χ2v) is 9.14. The van der Waals surface area contributed by atoms with Crippen LogP contribution in [0.2, 0.25) is 10.0 Å². The highest BCUT2D eigenvalue weighted by Crippen LogP contribution is 2.41. The maximum atomic E-state index is 10.2. The lowest BCUT2D eigenvalue weighted by Gasteiger charge is -2.40. The highest BCUT2D eigenvalue weighted by Gasteiger charge is 2.37. The Hall–Kier alpha value is -1.72. The molecule has 2 fully saturated rings. The van der Waals surface area contributed by atoms with Crippen molar-refractivity contribution in [3.05, 3.63) is 58.2 Å². The van der Waals surface area contributed by atoms with Crippen molar-refractivity contribution in [3.63, 3.8) is 0 Å². The van der Waals surface area contributed by atoms with Crippen LogP contribution in [0.25, 0.3) is 16.6 Å². The standard InChI is InChI=1S/C23H25Cl2N3O/c24-18-2-1-3-19(25)22(18)28-11-6-16-17(14-29)20(4-5-21(16)28)27-12-8-23(9-13-27)7-10-26-15-23/h1-6,11,26,29H,7-10,12-15H2. The van der Waals surface area contributed by atoms with Crippen LogP contribution in [0.15, 0.2) is 42.6 Å². The van der Waals surface area contributed by atoms with Crippen LogP contribution in [-0.2, 0) is 6.61 Å². The highest BCUT2D eigenvalue weighted by molar-refractivity contribution is 6.37. The number of hydrogen-bond acceptors (Lipinski definition) is 3. The number of benzene rings is 2. The normalized spacial score (nSPS) is 18.8. The molecule has 3 aromatic rings. The number of aliphatic hydroxyl groups excluding tert-OH is 1. The minimum atomic E-state index is 0.0101. The van der Waals surface area contributed by atoms with Gasteiger partial charge in [-0.3, -0.25) is 0 Å². The van der Waals surface area contributed by atoms with Crippen molar-refractivity contribution in [1.29, 1.82) is 0 Å². The fourth-order valence-electron chi connectivity index (χ4n) is 5.09. The summed E-state index contributed by atoms with van der Waals surface area (Å²) in [5, 5.41) is 16.0. The minimum Gasteiger partial charge on any atom is -0.392 e. The molecule has 1 aromatic heterocycles. The van der Waals surface area contributed by atoms with Crippen molar-refractivity contribution in [1.82, 2.24) is 9.88 Å². The molecule has 0 bridgehead atoms. The van der Waals surface area contributed by atoms with Crippen molar-refractivity contribution in [3.8, 4) is 5.69 Å². The number of hydrogen-bond donors (Lipinski definition) is 2. The Balaban J connectivity index is 1.53. The summed E-state index contributed by atoms with van der Waals surface area (Å²) < 4.78 is 2.01. The predicted octanol–water partition coefficient (Wildman–Crippen LogP) is 5.01. The molecular weight excluding hydrogens is 405 g/mol. The Bertz CT molecular complexity index is 1030. The lowest BCUT2D eigenvalue weighted by Crippen LogP contribution is -2.41. The van der Waals surface area contributed by atoms with Crippen LogP contribution in [0, 0.1) is 5.41 Å². The summed E-state index contributed by atoms with van der Waals surface area (Å²) >= 11 is 12.9. The number of fused-ring (bicyclic) bond motifs is 1. The summed E-state index contributed by atoms with van der Waals surface area (Å²) in [4.78, 5) is 2.44. The van der Waals surface area contributed by atoms with E-state index in [2.05, 4.69) is 28.4 Å². The van der Waals surface area contributed by atoms with Gasteiger partial charge in [0.1, 0.15) is 0 Å². The molecule has 0 amide bonds. The van der Waals surface area contributed by atoms with Gasteiger partial charge in [-0.2, -0.15) is 0 Å². The summed E-state index contributed by atoms with van der Waals surface area (Å²) in [6.45, 7) is 4.38. The second kappa shape index (κ2) is 7.51. The smallest absolute Gasteiger partial charge is 0.0830 e. The number of para-hydroxylation sites is 1. The van der Waals surface area contributed by atoms with E-state index in [9.17, 15) is 5.11 Å². The molecule has 0 aliphatic carbocycles. The van der Waals surface area contributed by atoms with E-state index >= 15 is 0 Å². The summed E-state index contributed by atoms with van der Waals surface area (Å²) in [6.07, 6.45) is 5.68. The molecule has 2 N–H and O–H groups in total. The van der Waals surface area contributed by atoms with Crippen molar-refractivity contribution in [2.24, 2.45) is 5.41 Å². The number of aliphatic hydroxyl groups is 1. The monoisotopic (exact) mass is 429 g/mol. The fourth-order valence-corrected chi connectivity index (χ4v) is 5.67. The number of anilines is 1. The first-order valence-electron chi connectivity index (χ1n) is 10.3. The fraction of sp³-hybridized carbons (Fsp3) is 0.391. The van der Waals surface area contributed by atoms with Crippen molar-refractivity contribution < 1.29 is 5.11 Å². The average molecular weight is 430 g/mol. The van der Waals surface area contributed by atoms with Gasteiger partial charge < -0.3 is 19.9 Å². The van der Waals surface area contributed by atoms with Gasteiger partial charge in [-0.1, -0.05) is 29.3 Å². The molecular formula is C23H25Cl2N3O. The Labute approximate surface area is 181 Å². The van der Waals surface area contributed by atoms with Gasteiger partial charge in [-0.25, -0.2) is 0 Å². The average Bonchev–Trinajstić information content (AvgIpc) is 3.36. The maximum Gasteiger partial charge on any atom is 0.0830 e. The van der Waals surface area contributed by atoms with E-state index in [-0.39, 0.29) is 6.61 Å². The number of aromatic nitrogens is 1. The van der Waals surface area contributed by atoms with Gasteiger partial charge >= 0.3 is 0 Å². The zero-order valence-electron chi connectivity index (χ0n) is 16.3. The first-order valence-corrected chi connectivity index (χ1v) is 11.0. The lowest BCUT2D eigenvalue weighted by molar-refractivity contribution is 0.246. The predicted molar refractivity (Wildman–Crippen MR) is 121 cm³/mol. The number of rotatable bonds is 3. The Morgan fingerprint density at radius 3 is 2.41 bits per heavy atom. The summed E-state index contributed by atoms with van der Waals surface area (Å²) in [5.74, 6) is 0. The topological polar surface area (TPSA) is 40.4 Å².